The monoisotopic (exact) mass is 291 g/mol. The van der Waals surface area contributed by atoms with Gasteiger partial charge in [-0.1, -0.05) is 28.8 Å². The number of thioether (sulfide) groups is 1. The first-order valence-corrected chi connectivity index (χ1v) is 7.86. The first kappa shape index (κ1) is 11.8. The van der Waals surface area contributed by atoms with Crippen molar-refractivity contribution in [1.29, 1.82) is 0 Å². The molecular weight excluding hydrogens is 274 g/mol. The SMILES string of the molecule is O=C(NC1CCCCC1Br)C1CCSC1. The molecule has 0 aromatic heterocycles. The summed E-state index contributed by atoms with van der Waals surface area (Å²) in [6, 6.07) is 0.372. The highest BCUT2D eigenvalue weighted by Crippen LogP contribution is 2.27. The van der Waals surface area contributed by atoms with Gasteiger partial charge in [-0.3, -0.25) is 4.79 Å². The van der Waals surface area contributed by atoms with E-state index in [4.69, 9.17) is 0 Å². The molecule has 0 aromatic rings. The van der Waals surface area contributed by atoms with Crippen LogP contribution in [0.3, 0.4) is 0 Å². The van der Waals surface area contributed by atoms with Crippen molar-refractivity contribution in [3.05, 3.63) is 0 Å². The predicted molar refractivity (Wildman–Crippen MR) is 68.5 cm³/mol. The van der Waals surface area contributed by atoms with Crippen molar-refractivity contribution in [3.8, 4) is 0 Å². The Hall–Kier alpha value is 0.300. The number of rotatable bonds is 2. The second kappa shape index (κ2) is 5.58. The Bertz CT molecular complexity index is 231. The molecule has 3 unspecified atom stereocenters. The van der Waals surface area contributed by atoms with Crippen LogP contribution in [0.1, 0.15) is 32.1 Å². The van der Waals surface area contributed by atoms with Crippen LogP contribution in [0.25, 0.3) is 0 Å². The quantitative estimate of drug-likeness (QED) is 0.793. The maximum atomic E-state index is 11.9. The summed E-state index contributed by atoms with van der Waals surface area (Å²) in [5.74, 6) is 2.74. The zero-order valence-electron chi connectivity index (χ0n) is 8.88. The summed E-state index contributed by atoms with van der Waals surface area (Å²) in [5, 5.41) is 3.21. The number of carbonyl (C=O) groups excluding carboxylic acids is 1. The molecule has 1 saturated carbocycles. The van der Waals surface area contributed by atoms with Crippen LogP contribution in [0.2, 0.25) is 0 Å². The van der Waals surface area contributed by atoms with Crippen LogP contribution in [0.4, 0.5) is 0 Å². The second-order valence-corrected chi connectivity index (χ2v) is 6.80. The lowest BCUT2D eigenvalue weighted by Gasteiger charge is -2.29. The summed E-state index contributed by atoms with van der Waals surface area (Å²) in [7, 11) is 0. The van der Waals surface area contributed by atoms with E-state index in [1.807, 2.05) is 11.8 Å². The summed E-state index contributed by atoms with van der Waals surface area (Å²) in [6.45, 7) is 0. The van der Waals surface area contributed by atoms with Crippen molar-refractivity contribution in [3.63, 3.8) is 0 Å². The van der Waals surface area contributed by atoms with Gasteiger partial charge in [-0.2, -0.15) is 11.8 Å². The van der Waals surface area contributed by atoms with Gasteiger partial charge in [-0.25, -0.2) is 0 Å². The van der Waals surface area contributed by atoms with Crippen LogP contribution in [0, 0.1) is 5.92 Å². The Morgan fingerprint density at radius 1 is 1.27 bits per heavy atom. The highest BCUT2D eigenvalue weighted by Gasteiger charge is 2.28. The van der Waals surface area contributed by atoms with Crippen molar-refractivity contribution in [2.45, 2.75) is 43.0 Å². The molecule has 1 aliphatic heterocycles. The lowest BCUT2D eigenvalue weighted by Crippen LogP contribution is -2.45. The second-order valence-electron chi connectivity index (χ2n) is 4.48. The molecular formula is C11H18BrNOS. The third kappa shape index (κ3) is 3.13. The van der Waals surface area contributed by atoms with Crippen molar-refractivity contribution in [2.75, 3.05) is 11.5 Å². The molecule has 3 atom stereocenters. The molecule has 2 nitrogen and oxygen atoms in total. The van der Waals surface area contributed by atoms with Gasteiger partial charge in [-0.15, -0.1) is 0 Å². The molecule has 4 heteroatoms. The molecule has 0 radical (unpaired) electrons. The average Bonchev–Trinajstić information content (AvgIpc) is 2.74. The van der Waals surface area contributed by atoms with E-state index in [1.165, 1.54) is 19.3 Å². The van der Waals surface area contributed by atoms with E-state index in [0.717, 1.165) is 24.3 Å². The molecule has 1 heterocycles. The highest BCUT2D eigenvalue weighted by atomic mass is 79.9. The number of hydrogen-bond acceptors (Lipinski definition) is 2. The van der Waals surface area contributed by atoms with Gasteiger partial charge < -0.3 is 5.32 Å². The Morgan fingerprint density at radius 2 is 2.07 bits per heavy atom. The first-order chi connectivity index (χ1) is 7.27. The average molecular weight is 292 g/mol. The summed E-state index contributed by atoms with van der Waals surface area (Å²) < 4.78 is 0. The maximum Gasteiger partial charge on any atom is 0.224 e. The van der Waals surface area contributed by atoms with E-state index in [-0.39, 0.29) is 11.8 Å². The smallest absolute Gasteiger partial charge is 0.224 e. The Kier molecular flexibility index (Phi) is 4.38. The normalized spacial score (nSPS) is 36.5. The zero-order chi connectivity index (χ0) is 10.7. The van der Waals surface area contributed by atoms with Crippen LogP contribution in [0.15, 0.2) is 0 Å². The van der Waals surface area contributed by atoms with Crippen molar-refractivity contribution >= 4 is 33.6 Å². The van der Waals surface area contributed by atoms with Gasteiger partial charge in [0.15, 0.2) is 0 Å². The van der Waals surface area contributed by atoms with Crippen molar-refractivity contribution in [1.82, 2.24) is 5.32 Å². The minimum absolute atomic E-state index is 0.275. The fourth-order valence-electron chi connectivity index (χ4n) is 2.29. The van der Waals surface area contributed by atoms with Crippen LogP contribution < -0.4 is 5.32 Å². The molecule has 1 N–H and O–H groups in total. The molecule has 0 bridgehead atoms. The largest absolute Gasteiger partial charge is 0.352 e. The van der Waals surface area contributed by atoms with Crippen LogP contribution in [-0.2, 0) is 4.79 Å². The van der Waals surface area contributed by atoms with Crippen molar-refractivity contribution < 1.29 is 4.79 Å². The van der Waals surface area contributed by atoms with Gasteiger partial charge >= 0.3 is 0 Å². The van der Waals surface area contributed by atoms with E-state index < -0.39 is 0 Å². The molecule has 15 heavy (non-hydrogen) atoms. The van der Waals surface area contributed by atoms with E-state index in [9.17, 15) is 4.79 Å². The minimum atomic E-state index is 0.275. The molecule has 2 fully saturated rings. The van der Waals surface area contributed by atoms with E-state index in [0.29, 0.717) is 10.9 Å². The number of alkyl halides is 1. The molecule has 1 aliphatic carbocycles. The van der Waals surface area contributed by atoms with Crippen LogP contribution in [-0.4, -0.2) is 28.3 Å². The summed E-state index contributed by atoms with van der Waals surface area (Å²) in [5.41, 5.74) is 0. The van der Waals surface area contributed by atoms with Gasteiger partial charge in [0.1, 0.15) is 0 Å². The van der Waals surface area contributed by atoms with Gasteiger partial charge in [0.05, 0.1) is 0 Å². The molecule has 1 saturated heterocycles. The maximum absolute atomic E-state index is 11.9. The third-order valence-electron chi connectivity index (χ3n) is 3.31. The Balaban J connectivity index is 1.81. The van der Waals surface area contributed by atoms with E-state index >= 15 is 0 Å². The summed E-state index contributed by atoms with van der Waals surface area (Å²) >= 11 is 5.57. The van der Waals surface area contributed by atoms with Crippen molar-refractivity contribution in [2.24, 2.45) is 5.92 Å². The molecule has 0 spiro atoms. The fourth-order valence-corrected chi connectivity index (χ4v) is 4.23. The van der Waals surface area contributed by atoms with E-state index in [1.54, 1.807) is 0 Å². The Labute approximate surface area is 104 Å². The van der Waals surface area contributed by atoms with Crippen LogP contribution in [0.5, 0.6) is 0 Å². The van der Waals surface area contributed by atoms with Gasteiger partial charge in [-0.05, 0) is 25.0 Å². The van der Waals surface area contributed by atoms with Gasteiger partial charge in [0.25, 0.3) is 0 Å². The predicted octanol–water partition coefficient (Wildman–Crippen LogP) is 2.56. The topological polar surface area (TPSA) is 29.1 Å². The minimum Gasteiger partial charge on any atom is -0.352 e. The van der Waals surface area contributed by atoms with Gasteiger partial charge in [0, 0.05) is 22.5 Å². The summed E-state index contributed by atoms with van der Waals surface area (Å²) in [6.07, 6.45) is 5.95. The van der Waals surface area contributed by atoms with Gasteiger partial charge in [0.2, 0.25) is 5.91 Å². The number of hydrogen-bond donors (Lipinski definition) is 1. The first-order valence-electron chi connectivity index (χ1n) is 5.79. The molecule has 2 aliphatic rings. The highest BCUT2D eigenvalue weighted by molar-refractivity contribution is 9.09. The third-order valence-corrected chi connectivity index (χ3v) is 5.57. The van der Waals surface area contributed by atoms with E-state index in [2.05, 4.69) is 21.2 Å². The number of carbonyl (C=O) groups is 1. The molecule has 2 rings (SSSR count). The number of halogens is 1. The summed E-state index contributed by atoms with van der Waals surface area (Å²) in [4.78, 5) is 12.4. The molecule has 0 aromatic carbocycles. The zero-order valence-corrected chi connectivity index (χ0v) is 11.3. The number of amides is 1. The molecule has 86 valence electrons. The molecule has 1 amide bonds. The fraction of sp³-hybridized carbons (Fsp3) is 0.909. The standard InChI is InChI=1S/C11H18BrNOS/c12-9-3-1-2-4-10(9)13-11(14)8-5-6-15-7-8/h8-10H,1-7H2,(H,13,14). The lowest BCUT2D eigenvalue weighted by atomic mass is 9.94. The number of nitrogens with one attached hydrogen (secondary N) is 1. The Morgan fingerprint density at radius 3 is 2.73 bits per heavy atom. The van der Waals surface area contributed by atoms with Crippen LogP contribution >= 0.6 is 27.7 Å². The lowest BCUT2D eigenvalue weighted by molar-refractivity contribution is -0.125.